The van der Waals surface area contributed by atoms with Crippen LogP contribution in [0.25, 0.3) is 0 Å². The number of carbonyl (C=O) groups is 2. The standard InChI is InChI=1S/C11H21N3O2/c1-8(15)14-6-4-9(5-7-14)13-10(16)11(2,3)12/h9H,4-7,12H2,1-3H3,(H,13,16). The van der Waals surface area contributed by atoms with E-state index in [0.29, 0.717) is 13.1 Å². The monoisotopic (exact) mass is 227 g/mol. The van der Waals surface area contributed by atoms with Crippen LogP contribution in [0.5, 0.6) is 0 Å². The molecule has 0 aromatic heterocycles. The minimum Gasteiger partial charge on any atom is -0.352 e. The molecule has 0 bridgehead atoms. The van der Waals surface area contributed by atoms with E-state index in [1.165, 1.54) is 0 Å². The maximum atomic E-state index is 11.6. The predicted molar refractivity (Wildman–Crippen MR) is 61.7 cm³/mol. The Labute approximate surface area is 96.4 Å². The van der Waals surface area contributed by atoms with Gasteiger partial charge in [-0.05, 0) is 26.7 Å². The molecule has 1 fully saturated rings. The van der Waals surface area contributed by atoms with Gasteiger partial charge in [-0.25, -0.2) is 0 Å². The van der Waals surface area contributed by atoms with Crippen molar-refractivity contribution in [3.05, 3.63) is 0 Å². The van der Waals surface area contributed by atoms with Crippen molar-refractivity contribution in [3.63, 3.8) is 0 Å². The molecule has 2 amide bonds. The molecule has 0 aromatic carbocycles. The van der Waals surface area contributed by atoms with E-state index >= 15 is 0 Å². The summed E-state index contributed by atoms with van der Waals surface area (Å²) in [6.07, 6.45) is 1.61. The van der Waals surface area contributed by atoms with Gasteiger partial charge in [-0.3, -0.25) is 9.59 Å². The number of amides is 2. The van der Waals surface area contributed by atoms with Crippen molar-refractivity contribution in [2.24, 2.45) is 5.73 Å². The van der Waals surface area contributed by atoms with Crippen molar-refractivity contribution in [2.75, 3.05) is 13.1 Å². The first-order valence-corrected chi connectivity index (χ1v) is 5.66. The summed E-state index contributed by atoms with van der Waals surface area (Å²) in [7, 11) is 0. The highest BCUT2D eigenvalue weighted by atomic mass is 16.2. The Morgan fingerprint density at radius 1 is 1.31 bits per heavy atom. The lowest BCUT2D eigenvalue weighted by atomic mass is 10.0. The van der Waals surface area contributed by atoms with Crippen LogP contribution in [0.15, 0.2) is 0 Å². The molecule has 0 aliphatic carbocycles. The van der Waals surface area contributed by atoms with E-state index in [-0.39, 0.29) is 17.9 Å². The average molecular weight is 227 g/mol. The summed E-state index contributed by atoms with van der Waals surface area (Å²) in [5.41, 5.74) is 4.86. The van der Waals surface area contributed by atoms with Gasteiger partial charge in [0, 0.05) is 26.1 Å². The fourth-order valence-corrected chi connectivity index (χ4v) is 1.71. The number of nitrogens with two attached hydrogens (primary N) is 1. The Morgan fingerprint density at radius 3 is 2.19 bits per heavy atom. The number of nitrogens with zero attached hydrogens (tertiary/aromatic N) is 1. The SMILES string of the molecule is CC(=O)N1CCC(NC(=O)C(C)(C)N)CC1. The van der Waals surface area contributed by atoms with Crippen LogP contribution in [0, 0.1) is 0 Å². The van der Waals surface area contributed by atoms with Gasteiger partial charge in [-0.1, -0.05) is 0 Å². The van der Waals surface area contributed by atoms with Gasteiger partial charge in [-0.15, -0.1) is 0 Å². The maximum Gasteiger partial charge on any atom is 0.239 e. The fraction of sp³-hybridized carbons (Fsp3) is 0.818. The lowest BCUT2D eigenvalue weighted by Crippen LogP contribution is -2.54. The Bertz CT molecular complexity index is 275. The van der Waals surface area contributed by atoms with Gasteiger partial charge in [0.25, 0.3) is 0 Å². The van der Waals surface area contributed by atoms with Crippen molar-refractivity contribution in [3.8, 4) is 0 Å². The van der Waals surface area contributed by atoms with Crippen molar-refractivity contribution in [2.45, 2.75) is 45.2 Å². The van der Waals surface area contributed by atoms with Crippen LogP contribution < -0.4 is 11.1 Å². The number of nitrogens with one attached hydrogen (secondary N) is 1. The average Bonchev–Trinajstić information content (AvgIpc) is 2.17. The molecular weight excluding hydrogens is 206 g/mol. The summed E-state index contributed by atoms with van der Waals surface area (Å²) in [5.74, 6) is -0.0299. The molecule has 0 aromatic rings. The van der Waals surface area contributed by atoms with Gasteiger partial charge in [-0.2, -0.15) is 0 Å². The first-order valence-electron chi connectivity index (χ1n) is 5.66. The molecule has 1 aliphatic heterocycles. The molecule has 0 spiro atoms. The lowest BCUT2D eigenvalue weighted by molar-refractivity contribution is -0.130. The van der Waals surface area contributed by atoms with Gasteiger partial charge < -0.3 is 16.0 Å². The van der Waals surface area contributed by atoms with Crippen LogP contribution in [-0.4, -0.2) is 41.4 Å². The van der Waals surface area contributed by atoms with E-state index in [1.807, 2.05) is 0 Å². The number of rotatable bonds is 2. The van der Waals surface area contributed by atoms with E-state index in [9.17, 15) is 9.59 Å². The molecule has 5 nitrogen and oxygen atoms in total. The van der Waals surface area contributed by atoms with Crippen molar-refractivity contribution >= 4 is 11.8 Å². The molecule has 1 aliphatic rings. The number of hydrogen-bond acceptors (Lipinski definition) is 3. The maximum absolute atomic E-state index is 11.6. The van der Waals surface area contributed by atoms with Crippen molar-refractivity contribution in [1.82, 2.24) is 10.2 Å². The summed E-state index contributed by atoms with van der Waals surface area (Å²) >= 11 is 0. The highest BCUT2D eigenvalue weighted by Gasteiger charge is 2.27. The zero-order valence-electron chi connectivity index (χ0n) is 10.2. The van der Waals surface area contributed by atoms with E-state index < -0.39 is 5.54 Å². The zero-order valence-corrected chi connectivity index (χ0v) is 10.2. The molecule has 3 N–H and O–H groups in total. The lowest BCUT2D eigenvalue weighted by Gasteiger charge is -2.33. The summed E-state index contributed by atoms with van der Waals surface area (Å²) < 4.78 is 0. The topological polar surface area (TPSA) is 75.4 Å². The quantitative estimate of drug-likeness (QED) is 0.689. The molecule has 16 heavy (non-hydrogen) atoms. The minimum absolute atomic E-state index is 0.101. The highest BCUT2D eigenvalue weighted by Crippen LogP contribution is 2.11. The van der Waals surface area contributed by atoms with Crippen LogP contribution in [0.1, 0.15) is 33.6 Å². The molecule has 0 radical (unpaired) electrons. The molecule has 1 rings (SSSR count). The van der Waals surface area contributed by atoms with Gasteiger partial charge in [0.05, 0.1) is 5.54 Å². The second kappa shape index (κ2) is 4.82. The number of likely N-dealkylation sites (tertiary alicyclic amines) is 1. The van der Waals surface area contributed by atoms with Gasteiger partial charge >= 0.3 is 0 Å². The van der Waals surface area contributed by atoms with Crippen molar-refractivity contribution in [1.29, 1.82) is 0 Å². The second-order valence-corrected chi connectivity index (χ2v) is 4.98. The zero-order chi connectivity index (χ0) is 12.3. The molecule has 1 saturated heterocycles. The van der Waals surface area contributed by atoms with E-state index in [1.54, 1.807) is 25.7 Å². The Balaban J connectivity index is 2.38. The Morgan fingerprint density at radius 2 is 1.81 bits per heavy atom. The van der Waals surface area contributed by atoms with E-state index in [4.69, 9.17) is 5.73 Å². The van der Waals surface area contributed by atoms with Gasteiger partial charge in [0.15, 0.2) is 0 Å². The fourth-order valence-electron chi connectivity index (χ4n) is 1.71. The number of piperidine rings is 1. The highest BCUT2D eigenvalue weighted by molar-refractivity contribution is 5.85. The summed E-state index contributed by atoms with van der Waals surface area (Å²) in [6, 6.07) is 0.144. The Hall–Kier alpha value is -1.10. The van der Waals surface area contributed by atoms with Crippen LogP contribution in [0.2, 0.25) is 0 Å². The molecular formula is C11H21N3O2. The van der Waals surface area contributed by atoms with Gasteiger partial charge in [0.1, 0.15) is 0 Å². The normalized spacial score (nSPS) is 18.4. The first-order chi connectivity index (χ1) is 7.30. The summed E-state index contributed by atoms with van der Waals surface area (Å²) in [4.78, 5) is 24.5. The molecule has 92 valence electrons. The molecule has 0 saturated carbocycles. The van der Waals surface area contributed by atoms with Crippen LogP contribution in [-0.2, 0) is 9.59 Å². The first kappa shape index (κ1) is 13.0. The molecule has 1 heterocycles. The number of carbonyl (C=O) groups excluding carboxylic acids is 2. The molecule has 0 atom stereocenters. The Kier molecular flexibility index (Phi) is 3.91. The van der Waals surface area contributed by atoms with Crippen LogP contribution in [0.3, 0.4) is 0 Å². The number of hydrogen-bond donors (Lipinski definition) is 2. The summed E-state index contributed by atoms with van der Waals surface area (Å²) in [6.45, 7) is 6.37. The molecule has 0 unspecified atom stereocenters. The van der Waals surface area contributed by atoms with Crippen LogP contribution in [0.4, 0.5) is 0 Å². The largest absolute Gasteiger partial charge is 0.352 e. The predicted octanol–water partition coefficient (Wildman–Crippen LogP) is -0.149. The molecule has 5 heteroatoms. The third kappa shape index (κ3) is 3.48. The van der Waals surface area contributed by atoms with Crippen LogP contribution >= 0.6 is 0 Å². The second-order valence-electron chi connectivity index (χ2n) is 4.98. The smallest absolute Gasteiger partial charge is 0.239 e. The third-order valence-corrected chi connectivity index (χ3v) is 2.86. The minimum atomic E-state index is -0.836. The third-order valence-electron chi connectivity index (χ3n) is 2.86. The van der Waals surface area contributed by atoms with Gasteiger partial charge in [0.2, 0.25) is 11.8 Å². The van der Waals surface area contributed by atoms with E-state index in [0.717, 1.165) is 12.8 Å². The summed E-state index contributed by atoms with van der Waals surface area (Å²) in [5, 5.41) is 2.92. The van der Waals surface area contributed by atoms with Crippen molar-refractivity contribution < 1.29 is 9.59 Å². The van der Waals surface area contributed by atoms with E-state index in [2.05, 4.69) is 5.32 Å².